The maximum Gasteiger partial charge on any atom is 0.314 e. The summed E-state index contributed by atoms with van der Waals surface area (Å²) in [5.74, 6) is -0.542. The number of nitrogens with zero attached hydrogens (tertiary/aromatic N) is 1. The topological polar surface area (TPSA) is 119 Å². The number of aliphatic hydroxyl groups is 1. The van der Waals surface area contributed by atoms with Gasteiger partial charge in [0.15, 0.2) is 5.75 Å². The summed E-state index contributed by atoms with van der Waals surface area (Å²) >= 11 is 0. The van der Waals surface area contributed by atoms with E-state index in [1.54, 1.807) is 0 Å². The summed E-state index contributed by atoms with van der Waals surface area (Å²) in [4.78, 5) is 10.0. The Morgan fingerprint density at radius 2 is 2.24 bits per heavy atom. The van der Waals surface area contributed by atoms with E-state index < -0.39 is 22.4 Å². The minimum atomic E-state index is -0.715. The van der Waals surface area contributed by atoms with Crippen LogP contribution in [0.25, 0.3) is 0 Å². The normalized spacial score (nSPS) is 12.2. The summed E-state index contributed by atoms with van der Waals surface area (Å²) in [5.41, 5.74) is 5.69. The van der Waals surface area contributed by atoms with Crippen molar-refractivity contribution >= 4 is 5.69 Å². The van der Waals surface area contributed by atoms with Crippen LogP contribution in [0.5, 0.6) is 11.5 Å². The Kier molecular flexibility index (Phi) is 4.24. The number of phenolic OH excluding ortho intramolecular Hbond substituents is 1. The fraction of sp³-hybridized carbons (Fsp3) is 0.400. The van der Waals surface area contributed by atoms with Gasteiger partial charge in [0.05, 0.1) is 12.0 Å². The maximum absolute atomic E-state index is 10.7. The number of hydrogen-bond donors (Lipinski definition) is 3. The van der Waals surface area contributed by atoms with Gasteiger partial charge in [-0.3, -0.25) is 10.1 Å². The van der Waals surface area contributed by atoms with Crippen molar-refractivity contribution in [2.45, 2.75) is 12.5 Å². The molecule has 17 heavy (non-hydrogen) atoms. The molecule has 0 saturated carbocycles. The zero-order valence-electron chi connectivity index (χ0n) is 9.29. The van der Waals surface area contributed by atoms with Gasteiger partial charge in [-0.15, -0.1) is 0 Å². The first-order valence-electron chi connectivity index (χ1n) is 4.93. The Labute approximate surface area is 97.6 Å². The highest BCUT2D eigenvalue weighted by Gasteiger charge is 2.21. The zero-order valence-corrected chi connectivity index (χ0v) is 9.29. The van der Waals surface area contributed by atoms with Crippen LogP contribution in [0.3, 0.4) is 0 Å². The van der Waals surface area contributed by atoms with E-state index in [0.29, 0.717) is 5.56 Å². The van der Waals surface area contributed by atoms with Gasteiger partial charge in [0, 0.05) is 18.7 Å². The van der Waals surface area contributed by atoms with E-state index in [2.05, 4.69) is 0 Å². The highest BCUT2D eigenvalue weighted by atomic mass is 16.6. The molecule has 1 aromatic carbocycles. The van der Waals surface area contributed by atoms with E-state index in [9.17, 15) is 15.2 Å². The molecule has 1 atom stereocenters. The fourth-order valence-electron chi connectivity index (χ4n) is 1.43. The fourth-order valence-corrected chi connectivity index (χ4v) is 1.43. The molecule has 1 unspecified atom stereocenters. The number of nitrogens with two attached hydrogens (primary N) is 1. The molecule has 7 nitrogen and oxygen atoms in total. The van der Waals surface area contributed by atoms with Gasteiger partial charge in [-0.2, -0.15) is 0 Å². The van der Waals surface area contributed by atoms with Crippen molar-refractivity contribution in [2.24, 2.45) is 5.73 Å². The van der Waals surface area contributed by atoms with Crippen molar-refractivity contribution in [2.75, 3.05) is 13.7 Å². The Balaban J connectivity index is 3.24. The third-order valence-electron chi connectivity index (χ3n) is 2.36. The molecule has 0 bridgehead atoms. The summed E-state index contributed by atoms with van der Waals surface area (Å²) in [6.07, 6.45) is 0.269. The van der Waals surface area contributed by atoms with Crippen LogP contribution < -0.4 is 10.5 Å². The van der Waals surface area contributed by atoms with E-state index >= 15 is 0 Å². The predicted octanol–water partition coefficient (Wildman–Crippen LogP) is 0.691. The van der Waals surface area contributed by atoms with Gasteiger partial charge in [0.2, 0.25) is 5.75 Å². The minimum Gasteiger partial charge on any atom is -0.500 e. The van der Waals surface area contributed by atoms with Gasteiger partial charge >= 0.3 is 5.69 Å². The zero-order chi connectivity index (χ0) is 13.0. The number of hydrogen-bond acceptors (Lipinski definition) is 6. The molecule has 7 heteroatoms. The van der Waals surface area contributed by atoms with Crippen LogP contribution in [-0.2, 0) is 0 Å². The molecule has 0 aliphatic carbocycles. The van der Waals surface area contributed by atoms with Crippen molar-refractivity contribution in [3.05, 3.63) is 27.8 Å². The lowest BCUT2D eigenvalue weighted by atomic mass is 10.0. The molecular weight excluding hydrogens is 228 g/mol. The van der Waals surface area contributed by atoms with Crippen LogP contribution in [-0.4, -0.2) is 28.9 Å². The molecule has 0 heterocycles. The van der Waals surface area contributed by atoms with E-state index in [0.717, 1.165) is 0 Å². The number of rotatable bonds is 5. The third-order valence-corrected chi connectivity index (χ3v) is 2.36. The molecule has 0 amide bonds. The predicted molar refractivity (Wildman–Crippen MR) is 59.9 cm³/mol. The molecule has 0 aromatic heterocycles. The lowest BCUT2D eigenvalue weighted by Gasteiger charge is -2.12. The molecule has 1 aromatic rings. The lowest BCUT2D eigenvalue weighted by molar-refractivity contribution is -0.386. The van der Waals surface area contributed by atoms with Gasteiger partial charge in [0.25, 0.3) is 0 Å². The number of nitro groups is 1. The molecule has 4 N–H and O–H groups in total. The average molecular weight is 242 g/mol. The van der Waals surface area contributed by atoms with Crippen molar-refractivity contribution < 1.29 is 19.9 Å². The van der Waals surface area contributed by atoms with Crippen LogP contribution in [0.2, 0.25) is 0 Å². The van der Waals surface area contributed by atoms with Gasteiger partial charge in [-0.05, 0) is 18.1 Å². The van der Waals surface area contributed by atoms with E-state index in [-0.39, 0.29) is 18.8 Å². The monoisotopic (exact) mass is 242 g/mol. The van der Waals surface area contributed by atoms with E-state index in [4.69, 9.17) is 15.6 Å². The van der Waals surface area contributed by atoms with Crippen LogP contribution in [0.15, 0.2) is 12.1 Å². The Hall–Kier alpha value is -1.86. The van der Waals surface area contributed by atoms with Gasteiger partial charge in [0.1, 0.15) is 0 Å². The Morgan fingerprint density at radius 3 is 2.71 bits per heavy atom. The molecular formula is C10H14N2O5. The first kappa shape index (κ1) is 13.2. The number of phenols is 1. The number of aromatic hydroxyl groups is 1. The summed E-state index contributed by atoms with van der Waals surface area (Å²) in [7, 11) is 1.29. The van der Waals surface area contributed by atoms with E-state index in [1.807, 2.05) is 0 Å². The number of methoxy groups -OCH3 is 1. The van der Waals surface area contributed by atoms with Crippen LogP contribution in [0.4, 0.5) is 5.69 Å². The first-order chi connectivity index (χ1) is 8.01. The molecule has 0 spiro atoms. The second kappa shape index (κ2) is 5.46. The smallest absolute Gasteiger partial charge is 0.314 e. The molecule has 0 saturated heterocycles. The highest BCUT2D eigenvalue weighted by Crippen LogP contribution is 2.38. The maximum atomic E-state index is 10.7. The Morgan fingerprint density at radius 1 is 1.59 bits per heavy atom. The van der Waals surface area contributed by atoms with Gasteiger partial charge in [-0.1, -0.05) is 0 Å². The minimum absolute atomic E-state index is 0.0115. The number of ether oxygens (including phenoxy) is 1. The molecule has 0 fully saturated rings. The summed E-state index contributed by atoms with van der Waals surface area (Å²) in [6, 6.07) is 2.05. The second-order valence-corrected chi connectivity index (χ2v) is 3.47. The van der Waals surface area contributed by atoms with Crippen molar-refractivity contribution in [1.29, 1.82) is 0 Å². The van der Waals surface area contributed by atoms with Gasteiger partial charge in [-0.25, -0.2) is 0 Å². The molecule has 94 valence electrons. The van der Waals surface area contributed by atoms with Crippen molar-refractivity contribution in [1.82, 2.24) is 0 Å². The third kappa shape index (κ3) is 2.83. The number of nitro benzene ring substituents is 1. The summed E-state index contributed by atoms with van der Waals surface area (Å²) < 4.78 is 4.83. The van der Waals surface area contributed by atoms with Crippen LogP contribution >= 0.6 is 0 Å². The largest absolute Gasteiger partial charge is 0.500 e. The van der Waals surface area contributed by atoms with E-state index in [1.165, 1.54) is 19.2 Å². The summed E-state index contributed by atoms with van der Waals surface area (Å²) in [5, 5.41) is 29.0. The number of benzene rings is 1. The average Bonchev–Trinajstić information content (AvgIpc) is 2.29. The van der Waals surface area contributed by atoms with Gasteiger partial charge < -0.3 is 20.7 Å². The quantitative estimate of drug-likeness (QED) is 0.516. The molecule has 0 radical (unpaired) electrons. The standard InChI is InChI=1S/C10H14N2O5/c1-17-9-5-6(7(11)2-3-13)4-8(10(9)14)12(15)16/h4-5,7,13-14H,2-3,11H2,1H3. The second-order valence-electron chi connectivity index (χ2n) is 3.47. The first-order valence-corrected chi connectivity index (χ1v) is 4.93. The molecule has 1 rings (SSSR count). The van der Waals surface area contributed by atoms with Crippen LogP contribution in [0, 0.1) is 10.1 Å². The van der Waals surface area contributed by atoms with Crippen molar-refractivity contribution in [3.8, 4) is 11.5 Å². The Bertz CT molecular complexity index is 421. The lowest BCUT2D eigenvalue weighted by Crippen LogP contribution is -2.12. The molecule has 0 aliphatic rings. The highest BCUT2D eigenvalue weighted by molar-refractivity contribution is 5.57. The van der Waals surface area contributed by atoms with Crippen molar-refractivity contribution in [3.63, 3.8) is 0 Å². The number of aliphatic hydroxyl groups excluding tert-OH is 1. The van der Waals surface area contributed by atoms with Crippen LogP contribution in [0.1, 0.15) is 18.0 Å². The SMILES string of the molecule is COc1cc(C(N)CCO)cc([N+](=O)[O-])c1O. The summed E-state index contributed by atoms with van der Waals surface area (Å²) in [6.45, 7) is -0.127. The molecule has 0 aliphatic heterocycles.